The lowest BCUT2D eigenvalue weighted by Gasteiger charge is -2.55. The van der Waals surface area contributed by atoms with Crippen LogP contribution in [0.5, 0.6) is 0 Å². The molecular formula is C15H25O7P2-3. The summed E-state index contributed by atoms with van der Waals surface area (Å²) in [6.07, 6.45) is 5.00. The van der Waals surface area contributed by atoms with Crippen LogP contribution in [0.2, 0.25) is 0 Å². The third-order valence-electron chi connectivity index (χ3n) is 5.81. The summed E-state index contributed by atoms with van der Waals surface area (Å²) in [6.45, 7) is 8.28. The molecule has 140 valence electrons. The summed E-state index contributed by atoms with van der Waals surface area (Å²) < 4.78 is 30.4. The molecule has 24 heavy (non-hydrogen) atoms. The van der Waals surface area contributed by atoms with Crippen LogP contribution in [0.15, 0.2) is 11.1 Å². The summed E-state index contributed by atoms with van der Waals surface area (Å²) in [5.41, 5.74) is 1.91. The molecule has 0 aliphatic heterocycles. The van der Waals surface area contributed by atoms with Crippen molar-refractivity contribution in [2.45, 2.75) is 59.8 Å². The quantitative estimate of drug-likeness (QED) is 0.530. The predicted octanol–water partition coefficient (Wildman–Crippen LogP) is 2.26. The Hall–Kier alpha value is -0.0000000000000000416. The van der Waals surface area contributed by atoms with Gasteiger partial charge in [-0.2, -0.15) is 0 Å². The standard InChI is InChI=1S/C15H28O7P2/c1-11-6-7-13-14(2,3)8-5-9-15(13,4)12(11)10-21-24(19,20)22-23(16,17)18/h13H,5-10H2,1-4H3,(H,19,20)(H2,16,17,18)/p-3/t13-,15+/m0/s1. The summed E-state index contributed by atoms with van der Waals surface area (Å²) in [4.78, 5) is 32.6. The minimum absolute atomic E-state index is 0.149. The van der Waals surface area contributed by atoms with Crippen LogP contribution in [0.3, 0.4) is 0 Å². The number of hydrogen-bond acceptors (Lipinski definition) is 7. The molecule has 9 heteroatoms. The Morgan fingerprint density at radius 3 is 2.38 bits per heavy atom. The number of fused-ring (bicyclic) bond motifs is 1. The third-order valence-corrected chi connectivity index (χ3v) is 7.85. The molecule has 0 radical (unpaired) electrons. The highest BCUT2D eigenvalue weighted by Gasteiger charge is 2.50. The first-order valence-electron chi connectivity index (χ1n) is 8.15. The Morgan fingerprint density at radius 2 is 1.79 bits per heavy atom. The van der Waals surface area contributed by atoms with Gasteiger partial charge in [-0.15, -0.1) is 0 Å². The van der Waals surface area contributed by atoms with E-state index in [0.29, 0.717) is 5.92 Å². The fourth-order valence-corrected chi connectivity index (χ4v) is 6.23. The van der Waals surface area contributed by atoms with Crippen LogP contribution in [0, 0.1) is 16.7 Å². The van der Waals surface area contributed by atoms with E-state index < -0.39 is 15.6 Å². The molecule has 7 nitrogen and oxygen atoms in total. The first kappa shape index (κ1) is 20.3. The first-order chi connectivity index (χ1) is 10.8. The van der Waals surface area contributed by atoms with Gasteiger partial charge in [0.2, 0.25) is 0 Å². The second-order valence-corrected chi connectivity index (χ2v) is 10.6. The molecule has 0 N–H and O–H groups in total. The highest BCUT2D eigenvalue weighted by molar-refractivity contribution is 7.58. The van der Waals surface area contributed by atoms with Crippen molar-refractivity contribution in [1.82, 2.24) is 0 Å². The lowest BCUT2D eigenvalue weighted by molar-refractivity contribution is -0.339. The summed E-state index contributed by atoms with van der Waals surface area (Å²) in [5, 5.41) is 0. The van der Waals surface area contributed by atoms with E-state index in [2.05, 4.69) is 25.1 Å². The van der Waals surface area contributed by atoms with E-state index >= 15 is 0 Å². The molecule has 0 aromatic rings. The number of rotatable bonds is 5. The van der Waals surface area contributed by atoms with Crippen LogP contribution in [0.4, 0.5) is 0 Å². The second-order valence-electron chi connectivity index (χ2n) is 7.86. The summed E-state index contributed by atoms with van der Waals surface area (Å²) in [5.74, 6) is 0.401. The van der Waals surface area contributed by atoms with Crippen molar-refractivity contribution < 1.29 is 32.6 Å². The molecule has 3 atom stereocenters. The second kappa shape index (κ2) is 6.62. The fraction of sp³-hybridized carbons (Fsp3) is 0.867. The maximum absolute atomic E-state index is 11.6. The Morgan fingerprint density at radius 1 is 1.17 bits per heavy atom. The minimum atomic E-state index is -5.66. The molecule has 0 spiro atoms. The summed E-state index contributed by atoms with van der Waals surface area (Å²) >= 11 is 0. The Balaban J connectivity index is 2.22. The molecule has 0 amide bonds. The van der Waals surface area contributed by atoms with Crippen molar-refractivity contribution in [3.63, 3.8) is 0 Å². The molecule has 0 bridgehead atoms. The van der Waals surface area contributed by atoms with E-state index in [4.69, 9.17) is 4.52 Å². The van der Waals surface area contributed by atoms with E-state index in [-0.39, 0.29) is 17.4 Å². The summed E-state index contributed by atoms with van der Waals surface area (Å²) in [6, 6.07) is 0. The number of phosphoric acid groups is 2. The van der Waals surface area contributed by atoms with Gasteiger partial charge in [-0.05, 0) is 54.9 Å². The maximum Gasteiger partial charge on any atom is 0.272 e. The Kier molecular flexibility index (Phi) is 5.61. The van der Waals surface area contributed by atoms with E-state index in [1.165, 1.54) is 0 Å². The smallest absolute Gasteiger partial charge is 0.272 e. The lowest BCUT2D eigenvalue weighted by atomic mass is 9.50. The topological polar surface area (TPSA) is 122 Å². The van der Waals surface area contributed by atoms with Gasteiger partial charge in [0.25, 0.3) is 7.82 Å². The Labute approximate surface area is 143 Å². The average Bonchev–Trinajstić information content (AvgIpc) is 2.33. The zero-order valence-corrected chi connectivity index (χ0v) is 16.4. The molecule has 0 heterocycles. The van der Waals surface area contributed by atoms with E-state index in [1.54, 1.807) is 0 Å². The SMILES string of the molecule is CC1=C(COP(=O)([O-])OP(=O)([O-])[O-])[C@@]2(C)CCCC(C)(C)[C@@H]2CC1. The van der Waals surface area contributed by atoms with Gasteiger partial charge in [0.15, 0.2) is 0 Å². The minimum Gasteiger partial charge on any atom is -0.790 e. The first-order valence-corrected chi connectivity index (χ1v) is 11.1. The normalized spacial score (nSPS) is 33.0. The number of hydrogen-bond donors (Lipinski definition) is 0. The van der Waals surface area contributed by atoms with Crippen LogP contribution in [0.1, 0.15) is 59.8 Å². The van der Waals surface area contributed by atoms with Crippen molar-refractivity contribution in [3.8, 4) is 0 Å². The monoisotopic (exact) mass is 379 g/mol. The maximum atomic E-state index is 11.6. The highest BCUT2D eigenvalue weighted by Crippen LogP contribution is 2.60. The molecule has 1 unspecified atom stereocenters. The van der Waals surface area contributed by atoms with Crippen molar-refractivity contribution in [2.75, 3.05) is 6.61 Å². The lowest BCUT2D eigenvalue weighted by Crippen LogP contribution is -2.46. The third kappa shape index (κ3) is 4.39. The van der Waals surface area contributed by atoms with Gasteiger partial charge in [0.05, 0.1) is 14.4 Å². The van der Waals surface area contributed by atoms with Gasteiger partial charge < -0.3 is 23.8 Å². The van der Waals surface area contributed by atoms with Crippen LogP contribution >= 0.6 is 15.6 Å². The van der Waals surface area contributed by atoms with Crippen molar-refractivity contribution >= 4 is 15.6 Å². The molecular weight excluding hydrogens is 354 g/mol. The van der Waals surface area contributed by atoms with Gasteiger partial charge in [0, 0.05) is 0 Å². The molecule has 0 aromatic heterocycles. The molecule has 2 rings (SSSR count). The van der Waals surface area contributed by atoms with Gasteiger partial charge >= 0.3 is 0 Å². The average molecular weight is 379 g/mol. The van der Waals surface area contributed by atoms with Crippen LogP contribution < -0.4 is 14.7 Å². The predicted molar refractivity (Wildman–Crippen MR) is 83.4 cm³/mol. The fourth-order valence-electron chi connectivity index (χ4n) is 4.77. The van der Waals surface area contributed by atoms with Gasteiger partial charge in [-0.3, -0.25) is 8.88 Å². The zero-order valence-electron chi connectivity index (χ0n) is 14.6. The van der Waals surface area contributed by atoms with E-state index in [1.807, 2.05) is 6.92 Å². The highest BCUT2D eigenvalue weighted by atomic mass is 31.3. The molecule has 0 saturated heterocycles. The van der Waals surface area contributed by atoms with Crippen LogP contribution in [-0.2, 0) is 18.0 Å². The van der Waals surface area contributed by atoms with Crippen molar-refractivity contribution in [3.05, 3.63) is 11.1 Å². The van der Waals surface area contributed by atoms with Gasteiger partial charge in [-0.1, -0.05) is 32.8 Å². The molecule has 2 aliphatic rings. The molecule has 1 fully saturated rings. The molecule has 0 aromatic carbocycles. The van der Waals surface area contributed by atoms with Gasteiger partial charge in [-0.25, -0.2) is 0 Å². The molecule has 2 aliphatic carbocycles. The largest absolute Gasteiger partial charge is 0.790 e. The number of allylic oxidation sites excluding steroid dienone is 1. The Bertz CT molecular complexity index is 621. The van der Waals surface area contributed by atoms with E-state index in [9.17, 15) is 23.8 Å². The van der Waals surface area contributed by atoms with Gasteiger partial charge in [0.1, 0.15) is 0 Å². The zero-order chi connectivity index (χ0) is 18.4. The van der Waals surface area contributed by atoms with Crippen LogP contribution in [0.25, 0.3) is 0 Å². The number of phosphoric ester groups is 1. The summed E-state index contributed by atoms with van der Waals surface area (Å²) in [7, 11) is -10.8. The van der Waals surface area contributed by atoms with Crippen molar-refractivity contribution in [1.29, 1.82) is 0 Å². The van der Waals surface area contributed by atoms with E-state index in [0.717, 1.165) is 43.3 Å². The van der Waals surface area contributed by atoms with Crippen molar-refractivity contribution in [2.24, 2.45) is 16.7 Å². The van der Waals surface area contributed by atoms with Crippen LogP contribution in [-0.4, -0.2) is 6.61 Å². The molecule has 1 saturated carbocycles.